The molecule has 0 radical (unpaired) electrons. The van der Waals surface area contributed by atoms with Crippen molar-refractivity contribution < 1.29 is 42.5 Å². The van der Waals surface area contributed by atoms with Crippen LogP contribution in [-0.4, -0.2) is 60.8 Å². The second-order valence-corrected chi connectivity index (χ2v) is 11.3. The Labute approximate surface area is 270 Å². The predicted octanol–water partition coefficient (Wildman–Crippen LogP) is 6.08. The van der Waals surface area contributed by atoms with Gasteiger partial charge in [-0.25, -0.2) is 13.6 Å². The number of para-hydroxylation sites is 1. The third-order valence-corrected chi connectivity index (χ3v) is 8.12. The van der Waals surface area contributed by atoms with Crippen LogP contribution >= 0.6 is 0 Å². The van der Waals surface area contributed by atoms with Crippen LogP contribution < -0.4 is 20.1 Å². The number of likely N-dealkylation sites (tertiary alicyclic amines) is 1. The van der Waals surface area contributed by atoms with Gasteiger partial charge < -0.3 is 30.0 Å². The number of methoxy groups -OCH3 is 1. The Morgan fingerprint density at radius 2 is 1.72 bits per heavy atom. The number of carbonyl (C=O) groups excluding carboxylic acids is 2. The minimum absolute atomic E-state index is 0.0349. The SMILES string of the molecule is COc1cc(CC(=O)C2(C(=O)O)C=CC(Oc3ccc(F)cc3F)=CC2OCN2CCCC2)ccc1NC(=O)Nc1ccccc1C. The van der Waals surface area contributed by atoms with E-state index in [4.69, 9.17) is 14.2 Å². The molecule has 0 aromatic heterocycles. The van der Waals surface area contributed by atoms with Crippen LogP contribution in [0.2, 0.25) is 0 Å². The first-order chi connectivity index (χ1) is 22.6. The summed E-state index contributed by atoms with van der Waals surface area (Å²) in [5.41, 5.74) is 0.142. The Hall–Kier alpha value is -5.07. The summed E-state index contributed by atoms with van der Waals surface area (Å²) in [7, 11) is 1.41. The van der Waals surface area contributed by atoms with Gasteiger partial charge in [0.15, 0.2) is 22.8 Å². The van der Waals surface area contributed by atoms with Gasteiger partial charge in [0.25, 0.3) is 0 Å². The van der Waals surface area contributed by atoms with Gasteiger partial charge in [-0.3, -0.25) is 14.5 Å². The van der Waals surface area contributed by atoms with Crippen molar-refractivity contribution in [3.05, 3.63) is 107 Å². The summed E-state index contributed by atoms with van der Waals surface area (Å²) in [5.74, 6) is -3.83. The monoisotopic (exact) mass is 647 g/mol. The Morgan fingerprint density at radius 3 is 2.43 bits per heavy atom. The van der Waals surface area contributed by atoms with E-state index >= 15 is 0 Å². The van der Waals surface area contributed by atoms with Crippen molar-refractivity contribution in [3.63, 3.8) is 0 Å². The zero-order valence-corrected chi connectivity index (χ0v) is 25.9. The lowest BCUT2D eigenvalue weighted by atomic mass is 9.73. The van der Waals surface area contributed by atoms with Crippen molar-refractivity contribution in [3.8, 4) is 11.5 Å². The molecule has 47 heavy (non-hydrogen) atoms. The van der Waals surface area contributed by atoms with Gasteiger partial charge in [0.2, 0.25) is 0 Å². The molecule has 246 valence electrons. The van der Waals surface area contributed by atoms with E-state index in [0.717, 1.165) is 43.6 Å². The molecule has 1 heterocycles. The number of carboxylic acids is 1. The summed E-state index contributed by atoms with van der Waals surface area (Å²) in [4.78, 5) is 41.6. The van der Waals surface area contributed by atoms with Gasteiger partial charge in [0.05, 0.1) is 19.5 Å². The highest BCUT2D eigenvalue weighted by atomic mass is 19.1. The van der Waals surface area contributed by atoms with Gasteiger partial charge in [-0.1, -0.05) is 30.3 Å². The Balaban J connectivity index is 1.37. The Morgan fingerprint density at radius 1 is 0.979 bits per heavy atom. The number of nitrogens with one attached hydrogen (secondary N) is 2. The van der Waals surface area contributed by atoms with E-state index in [-0.39, 0.29) is 30.4 Å². The number of amides is 2. The highest BCUT2D eigenvalue weighted by molar-refractivity contribution is 6.07. The first kappa shape index (κ1) is 33.3. The van der Waals surface area contributed by atoms with Crippen LogP contribution in [0.15, 0.2) is 84.7 Å². The maximum Gasteiger partial charge on any atom is 0.324 e. The molecule has 3 aromatic carbocycles. The summed E-state index contributed by atoms with van der Waals surface area (Å²) >= 11 is 0. The van der Waals surface area contributed by atoms with Crippen molar-refractivity contribution in [2.45, 2.75) is 32.3 Å². The minimum atomic E-state index is -2.15. The number of hydrogen-bond acceptors (Lipinski definition) is 7. The predicted molar refractivity (Wildman–Crippen MR) is 170 cm³/mol. The normalized spacial score (nSPS) is 19.1. The highest BCUT2D eigenvalue weighted by Crippen LogP contribution is 2.37. The van der Waals surface area contributed by atoms with E-state index in [1.165, 1.54) is 25.3 Å². The number of nitrogens with zero attached hydrogens (tertiary/aromatic N) is 1. The first-order valence-corrected chi connectivity index (χ1v) is 15.0. The van der Waals surface area contributed by atoms with Crippen molar-refractivity contribution >= 4 is 29.2 Å². The van der Waals surface area contributed by atoms with Gasteiger partial charge >= 0.3 is 12.0 Å². The number of benzene rings is 3. The first-order valence-electron chi connectivity index (χ1n) is 15.0. The fourth-order valence-corrected chi connectivity index (χ4v) is 5.51. The van der Waals surface area contributed by atoms with Crippen LogP contribution in [-0.2, 0) is 20.7 Å². The van der Waals surface area contributed by atoms with Gasteiger partial charge in [0, 0.05) is 31.3 Å². The zero-order valence-electron chi connectivity index (χ0n) is 25.9. The van der Waals surface area contributed by atoms with Crippen molar-refractivity contribution in [1.29, 1.82) is 0 Å². The molecule has 10 nitrogen and oxygen atoms in total. The molecule has 0 spiro atoms. The number of aliphatic carboxylic acids is 1. The number of halogens is 2. The van der Waals surface area contributed by atoms with Crippen LogP contribution in [0.5, 0.6) is 11.5 Å². The number of hydrogen-bond donors (Lipinski definition) is 3. The van der Waals surface area contributed by atoms with E-state index in [1.807, 2.05) is 24.0 Å². The molecule has 1 saturated heterocycles. The number of rotatable bonds is 12. The molecule has 3 aromatic rings. The molecule has 0 bridgehead atoms. The topological polar surface area (TPSA) is 126 Å². The minimum Gasteiger partial charge on any atom is -0.495 e. The summed E-state index contributed by atoms with van der Waals surface area (Å²) in [5, 5.41) is 16.0. The molecule has 2 unspecified atom stereocenters. The van der Waals surface area contributed by atoms with Crippen molar-refractivity contribution in [2.75, 3.05) is 37.6 Å². The molecule has 2 amide bonds. The summed E-state index contributed by atoms with van der Waals surface area (Å²) in [6.45, 7) is 3.44. The van der Waals surface area contributed by atoms with Crippen LogP contribution in [0.25, 0.3) is 0 Å². The number of Topliss-reactive ketones (excluding diaryl/α,β-unsaturated/α-hetero) is 1. The van der Waals surface area contributed by atoms with Gasteiger partial charge in [0.1, 0.15) is 23.4 Å². The van der Waals surface area contributed by atoms with Crippen LogP contribution in [0, 0.1) is 24.0 Å². The molecular weight excluding hydrogens is 612 g/mol. The smallest absolute Gasteiger partial charge is 0.324 e. The number of anilines is 2. The average Bonchev–Trinajstić information content (AvgIpc) is 3.57. The van der Waals surface area contributed by atoms with E-state index < -0.39 is 40.9 Å². The molecule has 2 aliphatic rings. The van der Waals surface area contributed by atoms with Gasteiger partial charge in [-0.05, 0) is 73.4 Å². The zero-order chi connectivity index (χ0) is 33.6. The maximum absolute atomic E-state index is 14.3. The Kier molecular flexibility index (Phi) is 10.3. The second kappa shape index (κ2) is 14.6. The van der Waals surface area contributed by atoms with E-state index in [9.17, 15) is 28.3 Å². The molecule has 3 N–H and O–H groups in total. The third kappa shape index (κ3) is 7.67. The molecule has 12 heteroatoms. The fraction of sp³-hybridized carbons (Fsp3) is 0.286. The molecule has 0 saturated carbocycles. The number of allylic oxidation sites excluding steroid dienone is 1. The molecular formula is C35H35F2N3O7. The third-order valence-electron chi connectivity index (χ3n) is 8.12. The number of carboxylic acid groups (broad SMARTS) is 1. The number of urea groups is 1. The van der Waals surface area contributed by atoms with E-state index in [2.05, 4.69) is 10.6 Å². The quantitative estimate of drug-likeness (QED) is 0.202. The number of ketones is 1. The van der Waals surface area contributed by atoms with Crippen LogP contribution in [0.1, 0.15) is 24.0 Å². The molecule has 1 fully saturated rings. The highest BCUT2D eigenvalue weighted by Gasteiger charge is 2.52. The second-order valence-electron chi connectivity index (χ2n) is 11.3. The fourth-order valence-electron chi connectivity index (χ4n) is 5.51. The number of carbonyl (C=O) groups is 3. The lowest BCUT2D eigenvalue weighted by molar-refractivity contribution is -0.160. The van der Waals surface area contributed by atoms with Crippen molar-refractivity contribution in [1.82, 2.24) is 4.90 Å². The summed E-state index contributed by atoms with van der Waals surface area (Å²) < 4.78 is 44.9. The molecule has 2 atom stereocenters. The van der Waals surface area contributed by atoms with Gasteiger partial charge in [-0.2, -0.15) is 0 Å². The molecule has 1 aliphatic heterocycles. The molecule has 1 aliphatic carbocycles. The van der Waals surface area contributed by atoms with E-state index in [1.54, 1.807) is 30.3 Å². The Bertz CT molecular complexity index is 1720. The largest absolute Gasteiger partial charge is 0.495 e. The van der Waals surface area contributed by atoms with Gasteiger partial charge in [-0.15, -0.1) is 0 Å². The standard InChI is InChI=1S/C35H35F2N3O7/c1-22-7-3-4-8-27(22)38-34(44)39-28-11-9-23(17-30(28)45-2)18-31(41)35(33(42)43)14-13-25(47-29-12-10-24(36)19-26(29)37)20-32(35)46-21-40-15-5-6-16-40/h3-4,7-14,17,19-20,32H,5-6,15-16,18,21H2,1-2H3,(H,42,43)(H2,38,39,44). The number of aryl methyl sites for hydroxylation is 1. The van der Waals surface area contributed by atoms with Crippen LogP contribution in [0.4, 0.5) is 25.0 Å². The van der Waals surface area contributed by atoms with E-state index in [0.29, 0.717) is 23.0 Å². The molecule has 5 rings (SSSR count). The maximum atomic E-state index is 14.3. The summed E-state index contributed by atoms with van der Waals surface area (Å²) in [6.07, 6.45) is 4.08. The van der Waals surface area contributed by atoms with Crippen LogP contribution in [0.3, 0.4) is 0 Å². The average molecular weight is 648 g/mol. The summed E-state index contributed by atoms with van der Waals surface area (Å²) in [6, 6.07) is 14.3. The van der Waals surface area contributed by atoms with Crippen molar-refractivity contribution in [2.24, 2.45) is 5.41 Å². The lowest BCUT2D eigenvalue weighted by Crippen LogP contribution is -2.51. The lowest BCUT2D eigenvalue weighted by Gasteiger charge is -2.35. The number of ether oxygens (including phenoxy) is 3.